The normalized spacial score (nSPS) is 17.0. The maximum Gasteiger partial charge on any atom is 0.407 e. The quantitative estimate of drug-likeness (QED) is 0.916. The van der Waals surface area contributed by atoms with Gasteiger partial charge in [-0.1, -0.05) is 18.2 Å². The summed E-state index contributed by atoms with van der Waals surface area (Å²) in [5.74, 6) is 0.850. The molecule has 122 valence electrons. The molecule has 0 fully saturated rings. The van der Waals surface area contributed by atoms with Gasteiger partial charge in [0.25, 0.3) is 0 Å². The van der Waals surface area contributed by atoms with E-state index in [9.17, 15) is 4.79 Å². The Balaban J connectivity index is 1.86. The van der Waals surface area contributed by atoms with Crippen molar-refractivity contribution < 1.29 is 14.3 Å². The molecule has 23 heavy (non-hydrogen) atoms. The van der Waals surface area contributed by atoms with Crippen LogP contribution in [0.15, 0.2) is 30.3 Å². The van der Waals surface area contributed by atoms with Gasteiger partial charge in [0.1, 0.15) is 11.4 Å². The summed E-state index contributed by atoms with van der Waals surface area (Å²) in [6.45, 7) is 5.61. The highest BCUT2D eigenvalue weighted by Gasteiger charge is 2.25. The maximum absolute atomic E-state index is 12.0. The van der Waals surface area contributed by atoms with Gasteiger partial charge in [-0.05, 0) is 67.6 Å². The highest BCUT2D eigenvalue weighted by molar-refractivity contribution is 5.91. The zero-order valence-corrected chi connectivity index (χ0v) is 14.1. The van der Waals surface area contributed by atoms with Gasteiger partial charge < -0.3 is 14.8 Å². The third-order valence-corrected chi connectivity index (χ3v) is 4.01. The highest BCUT2D eigenvalue weighted by Crippen LogP contribution is 2.33. The lowest BCUT2D eigenvalue weighted by atomic mass is 9.85. The van der Waals surface area contributed by atoms with E-state index >= 15 is 0 Å². The van der Waals surface area contributed by atoms with Crippen molar-refractivity contribution in [1.82, 2.24) is 5.32 Å². The Labute approximate surface area is 136 Å². The number of carbonyl (C=O) groups excluding carboxylic acids is 1. The minimum atomic E-state index is -0.486. The van der Waals surface area contributed by atoms with Gasteiger partial charge in [-0.15, -0.1) is 0 Å². The van der Waals surface area contributed by atoms with Crippen LogP contribution in [0.2, 0.25) is 0 Å². The van der Waals surface area contributed by atoms with Gasteiger partial charge in [-0.3, -0.25) is 0 Å². The van der Waals surface area contributed by atoms with Gasteiger partial charge >= 0.3 is 6.09 Å². The molecule has 2 aromatic carbocycles. The molecule has 0 radical (unpaired) electrons. The fourth-order valence-electron chi connectivity index (χ4n) is 3.20. The highest BCUT2D eigenvalue weighted by atomic mass is 16.6. The summed E-state index contributed by atoms with van der Waals surface area (Å²) in [7, 11) is 1.68. The number of rotatable bonds is 2. The minimum absolute atomic E-state index is 0.0371. The Kier molecular flexibility index (Phi) is 3.92. The molecule has 1 unspecified atom stereocenters. The van der Waals surface area contributed by atoms with Gasteiger partial charge in [0.2, 0.25) is 0 Å². The van der Waals surface area contributed by atoms with Crippen molar-refractivity contribution in [2.45, 2.75) is 45.3 Å². The topological polar surface area (TPSA) is 47.6 Å². The van der Waals surface area contributed by atoms with Crippen LogP contribution < -0.4 is 10.1 Å². The number of amides is 1. The van der Waals surface area contributed by atoms with E-state index in [1.165, 1.54) is 21.9 Å². The molecule has 2 aromatic rings. The Morgan fingerprint density at radius 3 is 2.61 bits per heavy atom. The molecule has 0 heterocycles. The number of benzene rings is 2. The van der Waals surface area contributed by atoms with Crippen LogP contribution in [0.1, 0.15) is 31.9 Å². The predicted molar refractivity (Wildman–Crippen MR) is 91.1 cm³/mol. The molecule has 0 saturated heterocycles. The first-order valence-electron chi connectivity index (χ1n) is 7.94. The van der Waals surface area contributed by atoms with E-state index in [2.05, 4.69) is 35.6 Å². The van der Waals surface area contributed by atoms with Crippen LogP contribution in [0.25, 0.3) is 10.8 Å². The fourth-order valence-corrected chi connectivity index (χ4v) is 3.20. The van der Waals surface area contributed by atoms with E-state index in [-0.39, 0.29) is 12.1 Å². The van der Waals surface area contributed by atoms with Crippen LogP contribution >= 0.6 is 0 Å². The standard InChI is InChI=1S/C19H23NO3/c1-19(2,3)23-18(21)20-15-8-12-6-5-7-13-10-16(22-4)11-14(9-15)17(12)13/h5-7,10-11,15H,8-9H2,1-4H3,(H,20,21). The zero-order valence-electron chi connectivity index (χ0n) is 14.1. The van der Waals surface area contributed by atoms with Gasteiger partial charge in [0, 0.05) is 6.04 Å². The van der Waals surface area contributed by atoms with Crippen LogP contribution in [0.5, 0.6) is 5.75 Å². The minimum Gasteiger partial charge on any atom is -0.497 e. The Hall–Kier alpha value is -2.23. The second-order valence-electron chi connectivity index (χ2n) is 7.05. The maximum atomic E-state index is 12.0. The number of carbonyl (C=O) groups is 1. The first-order valence-corrected chi connectivity index (χ1v) is 7.94. The molecule has 1 amide bonds. The third kappa shape index (κ3) is 3.41. The zero-order chi connectivity index (χ0) is 16.6. The molecule has 0 aromatic heterocycles. The van der Waals surface area contributed by atoms with Crippen molar-refractivity contribution in [2.24, 2.45) is 0 Å². The molecule has 1 aliphatic rings. The molecule has 0 bridgehead atoms. The summed E-state index contributed by atoms with van der Waals surface area (Å²) in [6.07, 6.45) is 1.24. The smallest absolute Gasteiger partial charge is 0.407 e. The van der Waals surface area contributed by atoms with Crippen molar-refractivity contribution in [1.29, 1.82) is 0 Å². The second kappa shape index (κ2) is 5.76. The number of alkyl carbamates (subject to hydrolysis) is 1. The van der Waals surface area contributed by atoms with Crippen molar-refractivity contribution in [3.05, 3.63) is 41.5 Å². The van der Waals surface area contributed by atoms with Crippen molar-refractivity contribution in [3.8, 4) is 5.75 Å². The van der Waals surface area contributed by atoms with Crippen LogP contribution in [-0.4, -0.2) is 24.8 Å². The van der Waals surface area contributed by atoms with Gasteiger partial charge in [0.15, 0.2) is 0 Å². The molecule has 0 aliphatic heterocycles. The SMILES string of the molecule is COc1cc2c3c(cccc3c1)CC(NC(=O)OC(C)(C)C)C2. The van der Waals surface area contributed by atoms with E-state index in [1.54, 1.807) is 7.11 Å². The Morgan fingerprint density at radius 1 is 1.17 bits per heavy atom. The molecular weight excluding hydrogens is 290 g/mol. The largest absolute Gasteiger partial charge is 0.497 e. The summed E-state index contributed by atoms with van der Waals surface area (Å²) in [5.41, 5.74) is 1.98. The van der Waals surface area contributed by atoms with Crippen LogP contribution in [0.3, 0.4) is 0 Å². The molecule has 3 rings (SSSR count). The van der Waals surface area contributed by atoms with Gasteiger partial charge in [-0.25, -0.2) is 4.79 Å². The van der Waals surface area contributed by atoms with Crippen LogP contribution in [0.4, 0.5) is 4.79 Å². The van der Waals surface area contributed by atoms with Crippen molar-refractivity contribution in [2.75, 3.05) is 7.11 Å². The molecule has 0 spiro atoms. The van der Waals surface area contributed by atoms with E-state index in [1.807, 2.05) is 20.8 Å². The summed E-state index contributed by atoms with van der Waals surface area (Å²) in [4.78, 5) is 12.0. The number of nitrogens with one attached hydrogen (secondary N) is 1. The van der Waals surface area contributed by atoms with E-state index in [0.717, 1.165) is 18.6 Å². The summed E-state index contributed by atoms with van der Waals surface area (Å²) < 4.78 is 10.8. The molecule has 4 heteroatoms. The predicted octanol–water partition coefficient (Wildman–Crippen LogP) is 3.84. The van der Waals surface area contributed by atoms with Crippen molar-refractivity contribution >= 4 is 16.9 Å². The lowest BCUT2D eigenvalue weighted by Gasteiger charge is -2.28. The van der Waals surface area contributed by atoms with Crippen molar-refractivity contribution in [3.63, 3.8) is 0 Å². The summed E-state index contributed by atoms with van der Waals surface area (Å²) in [5, 5.41) is 5.47. The average molecular weight is 313 g/mol. The first kappa shape index (κ1) is 15.7. The monoisotopic (exact) mass is 313 g/mol. The number of methoxy groups -OCH3 is 1. The number of hydrogen-bond donors (Lipinski definition) is 1. The lowest BCUT2D eigenvalue weighted by molar-refractivity contribution is 0.0503. The molecule has 4 nitrogen and oxygen atoms in total. The second-order valence-corrected chi connectivity index (χ2v) is 7.05. The molecule has 1 atom stereocenters. The lowest BCUT2D eigenvalue weighted by Crippen LogP contribution is -2.42. The number of hydrogen-bond acceptors (Lipinski definition) is 3. The fraction of sp³-hybridized carbons (Fsp3) is 0.421. The van der Waals surface area contributed by atoms with E-state index in [0.29, 0.717) is 0 Å². The van der Waals surface area contributed by atoms with Crippen LogP contribution in [0, 0.1) is 0 Å². The average Bonchev–Trinajstić information content (AvgIpc) is 2.44. The van der Waals surface area contributed by atoms with Gasteiger partial charge in [0.05, 0.1) is 7.11 Å². The molecule has 1 N–H and O–H groups in total. The molecule has 0 saturated carbocycles. The Morgan fingerprint density at radius 2 is 1.91 bits per heavy atom. The first-order chi connectivity index (χ1) is 10.9. The van der Waals surface area contributed by atoms with E-state index in [4.69, 9.17) is 9.47 Å². The third-order valence-electron chi connectivity index (χ3n) is 4.01. The summed E-state index contributed by atoms with van der Waals surface area (Å²) in [6, 6.07) is 10.4. The summed E-state index contributed by atoms with van der Waals surface area (Å²) >= 11 is 0. The van der Waals surface area contributed by atoms with E-state index < -0.39 is 5.60 Å². The molecule has 1 aliphatic carbocycles. The Bertz CT molecular complexity index is 746. The molecular formula is C19H23NO3. The van der Waals surface area contributed by atoms with Crippen LogP contribution in [-0.2, 0) is 17.6 Å². The number of ether oxygens (including phenoxy) is 2. The van der Waals surface area contributed by atoms with Gasteiger partial charge in [-0.2, -0.15) is 0 Å².